The maximum Gasteiger partial charge on any atom is 0.226 e. The summed E-state index contributed by atoms with van der Waals surface area (Å²) in [6.45, 7) is 4.10. The van der Waals surface area contributed by atoms with Crippen molar-refractivity contribution in [2.75, 3.05) is 7.05 Å². The van der Waals surface area contributed by atoms with E-state index in [1.54, 1.807) is 30.4 Å². The van der Waals surface area contributed by atoms with Crippen LogP contribution < -0.4 is 0 Å². The monoisotopic (exact) mass is 179 g/mol. The maximum atomic E-state index is 11.3. The Kier molecular flexibility index (Phi) is 3.25. The fourth-order valence-corrected chi connectivity index (χ4v) is 1.01. The zero-order chi connectivity index (χ0) is 9.68. The van der Waals surface area contributed by atoms with Crippen LogP contribution in [-0.2, 0) is 11.3 Å². The third-order valence-corrected chi connectivity index (χ3v) is 1.72. The van der Waals surface area contributed by atoms with Crippen molar-refractivity contribution in [3.63, 3.8) is 0 Å². The van der Waals surface area contributed by atoms with Gasteiger partial charge in [0, 0.05) is 31.8 Å². The van der Waals surface area contributed by atoms with Crippen molar-refractivity contribution in [1.29, 1.82) is 0 Å². The highest BCUT2D eigenvalue weighted by Crippen LogP contribution is 2.01. The number of nitrogens with zero attached hydrogens (tertiary/aromatic N) is 2. The van der Waals surface area contributed by atoms with Crippen LogP contribution in [0.2, 0.25) is 0 Å². The lowest BCUT2D eigenvalue weighted by Crippen LogP contribution is -2.25. The van der Waals surface area contributed by atoms with Crippen LogP contribution in [0, 0.1) is 0 Å². The van der Waals surface area contributed by atoms with Crippen molar-refractivity contribution in [3.05, 3.63) is 30.6 Å². The van der Waals surface area contributed by atoms with E-state index >= 15 is 0 Å². The maximum absolute atomic E-state index is 11.3. The molecule has 1 rings (SSSR count). The van der Waals surface area contributed by atoms with E-state index in [9.17, 15) is 4.79 Å². The number of rotatable bonds is 4. The number of aromatic nitrogens is 2. The molecule has 0 fully saturated rings. The Labute approximate surface area is 77.3 Å². The van der Waals surface area contributed by atoms with E-state index in [4.69, 9.17) is 0 Å². The molecule has 0 saturated carbocycles. The topological polar surface area (TPSA) is 49.0 Å². The molecule has 4 nitrogen and oxygen atoms in total. The van der Waals surface area contributed by atoms with Crippen molar-refractivity contribution in [1.82, 2.24) is 15.1 Å². The van der Waals surface area contributed by atoms with Gasteiger partial charge in [0.25, 0.3) is 0 Å². The van der Waals surface area contributed by atoms with Crippen molar-refractivity contribution < 1.29 is 4.79 Å². The number of nitrogens with one attached hydrogen (secondary N) is 1. The molecular weight excluding hydrogens is 166 g/mol. The van der Waals surface area contributed by atoms with Gasteiger partial charge in [0.15, 0.2) is 0 Å². The molecule has 0 bridgehead atoms. The summed E-state index contributed by atoms with van der Waals surface area (Å²) in [7, 11) is 1.76. The van der Waals surface area contributed by atoms with E-state index in [1.165, 1.54) is 0 Å². The Bertz CT molecular complexity index is 279. The van der Waals surface area contributed by atoms with E-state index in [0.717, 1.165) is 5.56 Å². The van der Waals surface area contributed by atoms with Crippen LogP contribution in [-0.4, -0.2) is 28.1 Å². The number of H-pyrrole nitrogens is 1. The van der Waals surface area contributed by atoms with Gasteiger partial charge in [-0.2, -0.15) is 5.10 Å². The molecule has 1 aromatic heterocycles. The van der Waals surface area contributed by atoms with Gasteiger partial charge in [-0.15, -0.1) is 6.58 Å². The minimum atomic E-state index is 0.0659. The number of hydrogen-bond donors (Lipinski definition) is 1. The standard InChI is InChI=1S/C9H13N3O/c1-3-4-9(13)12(2)7-8-5-10-11-6-8/h3,5-6H,1,4,7H2,2H3,(H,10,11). The van der Waals surface area contributed by atoms with Crippen LogP contribution in [0.25, 0.3) is 0 Å². The predicted octanol–water partition coefficient (Wildman–Crippen LogP) is 0.944. The Morgan fingerprint density at radius 3 is 3.15 bits per heavy atom. The van der Waals surface area contributed by atoms with Crippen molar-refractivity contribution in [2.45, 2.75) is 13.0 Å². The van der Waals surface area contributed by atoms with E-state index in [1.807, 2.05) is 0 Å². The molecule has 70 valence electrons. The van der Waals surface area contributed by atoms with Crippen LogP contribution in [0.1, 0.15) is 12.0 Å². The van der Waals surface area contributed by atoms with Crippen LogP contribution in [0.4, 0.5) is 0 Å². The van der Waals surface area contributed by atoms with Gasteiger partial charge in [0.05, 0.1) is 6.20 Å². The molecular formula is C9H13N3O. The fraction of sp³-hybridized carbons (Fsp3) is 0.333. The summed E-state index contributed by atoms with van der Waals surface area (Å²) in [5, 5.41) is 6.50. The molecule has 0 radical (unpaired) electrons. The molecule has 0 spiro atoms. The second-order valence-corrected chi connectivity index (χ2v) is 2.85. The molecule has 0 aliphatic rings. The summed E-state index contributed by atoms with van der Waals surface area (Å²) in [5.74, 6) is 0.0659. The number of carbonyl (C=O) groups is 1. The van der Waals surface area contributed by atoms with Gasteiger partial charge < -0.3 is 4.90 Å². The molecule has 1 aromatic rings. The minimum absolute atomic E-state index is 0.0659. The van der Waals surface area contributed by atoms with Crippen LogP contribution in [0.15, 0.2) is 25.0 Å². The Balaban J connectivity index is 2.45. The quantitative estimate of drug-likeness (QED) is 0.699. The third-order valence-electron chi connectivity index (χ3n) is 1.72. The first-order chi connectivity index (χ1) is 6.24. The van der Waals surface area contributed by atoms with Crippen LogP contribution >= 0.6 is 0 Å². The molecule has 0 atom stereocenters. The summed E-state index contributed by atoms with van der Waals surface area (Å²) in [6, 6.07) is 0. The molecule has 0 aliphatic heterocycles. The first kappa shape index (κ1) is 9.51. The Morgan fingerprint density at radius 1 is 1.85 bits per heavy atom. The average Bonchev–Trinajstić information content (AvgIpc) is 2.57. The van der Waals surface area contributed by atoms with Crippen molar-refractivity contribution >= 4 is 5.91 Å². The Morgan fingerprint density at radius 2 is 2.62 bits per heavy atom. The fourth-order valence-electron chi connectivity index (χ4n) is 1.01. The van der Waals surface area contributed by atoms with Gasteiger partial charge >= 0.3 is 0 Å². The summed E-state index contributed by atoms with van der Waals surface area (Å²) < 4.78 is 0. The van der Waals surface area contributed by atoms with Gasteiger partial charge in [-0.25, -0.2) is 0 Å². The third kappa shape index (κ3) is 2.74. The number of carbonyl (C=O) groups excluding carboxylic acids is 1. The SMILES string of the molecule is C=CCC(=O)N(C)Cc1cn[nH]c1. The van der Waals surface area contributed by atoms with E-state index < -0.39 is 0 Å². The highest BCUT2D eigenvalue weighted by Gasteiger charge is 2.06. The van der Waals surface area contributed by atoms with Crippen LogP contribution in [0.3, 0.4) is 0 Å². The summed E-state index contributed by atoms with van der Waals surface area (Å²) in [5.41, 5.74) is 1.000. The highest BCUT2D eigenvalue weighted by molar-refractivity contribution is 5.77. The molecule has 0 saturated heterocycles. The van der Waals surface area contributed by atoms with Gasteiger partial charge in [-0.3, -0.25) is 9.89 Å². The molecule has 1 heterocycles. The molecule has 0 aromatic carbocycles. The molecule has 0 aliphatic carbocycles. The first-order valence-electron chi connectivity index (χ1n) is 4.06. The van der Waals surface area contributed by atoms with Crippen LogP contribution in [0.5, 0.6) is 0 Å². The molecule has 4 heteroatoms. The van der Waals surface area contributed by atoms with Crippen molar-refractivity contribution in [2.24, 2.45) is 0 Å². The van der Waals surface area contributed by atoms with Crippen molar-refractivity contribution in [3.8, 4) is 0 Å². The molecule has 1 amide bonds. The summed E-state index contributed by atoms with van der Waals surface area (Å²) >= 11 is 0. The Hall–Kier alpha value is -1.58. The second kappa shape index (κ2) is 4.45. The molecule has 0 unspecified atom stereocenters. The van der Waals surface area contributed by atoms with Gasteiger partial charge in [-0.1, -0.05) is 6.08 Å². The lowest BCUT2D eigenvalue weighted by Gasteiger charge is -2.14. The van der Waals surface area contributed by atoms with Gasteiger partial charge in [0.1, 0.15) is 0 Å². The lowest BCUT2D eigenvalue weighted by atomic mass is 10.3. The number of hydrogen-bond acceptors (Lipinski definition) is 2. The highest BCUT2D eigenvalue weighted by atomic mass is 16.2. The van der Waals surface area contributed by atoms with E-state index in [0.29, 0.717) is 13.0 Å². The zero-order valence-electron chi connectivity index (χ0n) is 7.66. The van der Waals surface area contributed by atoms with E-state index in [2.05, 4.69) is 16.8 Å². The summed E-state index contributed by atoms with van der Waals surface area (Å²) in [6.07, 6.45) is 5.47. The predicted molar refractivity (Wildman–Crippen MR) is 49.9 cm³/mol. The normalized spacial score (nSPS) is 9.62. The number of aromatic amines is 1. The summed E-state index contributed by atoms with van der Waals surface area (Å²) in [4.78, 5) is 12.9. The number of amides is 1. The lowest BCUT2D eigenvalue weighted by molar-refractivity contribution is -0.129. The molecule has 13 heavy (non-hydrogen) atoms. The molecule has 1 N–H and O–H groups in total. The second-order valence-electron chi connectivity index (χ2n) is 2.85. The first-order valence-corrected chi connectivity index (χ1v) is 4.06. The minimum Gasteiger partial charge on any atom is -0.341 e. The van der Waals surface area contributed by atoms with Gasteiger partial charge in [-0.05, 0) is 0 Å². The zero-order valence-corrected chi connectivity index (χ0v) is 7.66. The average molecular weight is 179 g/mol. The smallest absolute Gasteiger partial charge is 0.226 e. The van der Waals surface area contributed by atoms with E-state index in [-0.39, 0.29) is 5.91 Å². The largest absolute Gasteiger partial charge is 0.341 e. The van der Waals surface area contributed by atoms with Gasteiger partial charge in [0.2, 0.25) is 5.91 Å².